The Bertz CT molecular complexity index is 752. The van der Waals surface area contributed by atoms with E-state index in [0.717, 1.165) is 28.6 Å². The average Bonchev–Trinajstić information content (AvgIpc) is 3.23. The fraction of sp³-hybridized carbons (Fsp3) is 0.250. The van der Waals surface area contributed by atoms with Gasteiger partial charge in [0.2, 0.25) is 0 Å². The number of methoxy groups -OCH3 is 1. The van der Waals surface area contributed by atoms with E-state index in [1.807, 2.05) is 30.3 Å². The summed E-state index contributed by atoms with van der Waals surface area (Å²) in [5.74, 6) is 2.45. The molecule has 2 aromatic heterocycles. The molecule has 0 spiro atoms. The van der Waals surface area contributed by atoms with Gasteiger partial charge < -0.3 is 20.1 Å². The van der Waals surface area contributed by atoms with Gasteiger partial charge in [-0.05, 0) is 12.1 Å². The lowest BCUT2D eigenvalue weighted by atomic mass is 10.1. The van der Waals surface area contributed by atoms with Crippen molar-refractivity contribution < 1.29 is 9.84 Å². The SMILES string of the molecule is COc1cccc(-c2cc(NCc3ncc[nH]3)n(CCO)n2)c1. The minimum Gasteiger partial charge on any atom is -0.497 e. The number of anilines is 1. The van der Waals surface area contributed by atoms with Crippen molar-refractivity contribution in [3.8, 4) is 17.0 Å². The van der Waals surface area contributed by atoms with Crippen LogP contribution in [0.5, 0.6) is 5.75 Å². The minimum absolute atomic E-state index is 0.0225. The van der Waals surface area contributed by atoms with Gasteiger partial charge in [0.1, 0.15) is 17.4 Å². The summed E-state index contributed by atoms with van der Waals surface area (Å²) in [6.45, 7) is 1.00. The van der Waals surface area contributed by atoms with E-state index < -0.39 is 0 Å². The zero-order chi connectivity index (χ0) is 16.1. The monoisotopic (exact) mass is 313 g/mol. The molecule has 0 amide bonds. The molecule has 0 bridgehead atoms. The number of hydrogen-bond acceptors (Lipinski definition) is 5. The predicted octanol–water partition coefficient (Wildman–Crippen LogP) is 1.89. The van der Waals surface area contributed by atoms with E-state index in [4.69, 9.17) is 4.74 Å². The summed E-state index contributed by atoms with van der Waals surface area (Å²) in [6.07, 6.45) is 3.49. The molecular weight excluding hydrogens is 294 g/mol. The molecule has 0 aliphatic carbocycles. The van der Waals surface area contributed by atoms with Crippen LogP contribution in [0.25, 0.3) is 11.3 Å². The summed E-state index contributed by atoms with van der Waals surface area (Å²) in [4.78, 5) is 7.22. The van der Waals surface area contributed by atoms with Crippen LogP contribution in [-0.2, 0) is 13.1 Å². The maximum absolute atomic E-state index is 9.23. The quantitative estimate of drug-likeness (QED) is 0.620. The third kappa shape index (κ3) is 3.51. The maximum Gasteiger partial charge on any atom is 0.125 e. The van der Waals surface area contributed by atoms with Gasteiger partial charge in [-0.3, -0.25) is 0 Å². The highest BCUT2D eigenvalue weighted by Crippen LogP contribution is 2.25. The summed E-state index contributed by atoms with van der Waals surface area (Å²) >= 11 is 0. The molecule has 3 aromatic rings. The number of H-pyrrole nitrogens is 1. The summed E-state index contributed by atoms with van der Waals surface area (Å²) in [5.41, 5.74) is 1.78. The van der Waals surface area contributed by atoms with Crippen LogP contribution in [-0.4, -0.2) is 38.6 Å². The fourth-order valence-electron chi connectivity index (χ4n) is 2.32. The number of aromatic amines is 1. The summed E-state index contributed by atoms with van der Waals surface area (Å²) in [6, 6.07) is 9.68. The Morgan fingerprint density at radius 3 is 3.00 bits per heavy atom. The molecule has 0 unspecified atom stereocenters. The van der Waals surface area contributed by atoms with Gasteiger partial charge in [-0.2, -0.15) is 5.10 Å². The van der Waals surface area contributed by atoms with Gasteiger partial charge in [-0.15, -0.1) is 0 Å². The van der Waals surface area contributed by atoms with E-state index in [0.29, 0.717) is 13.1 Å². The molecule has 0 atom stereocenters. The number of imidazole rings is 1. The lowest BCUT2D eigenvalue weighted by Crippen LogP contribution is -2.10. The Morgan fingerprint density at radius 2 is 2.26 bits per heavy atom. The normalized spacial score (nSPS) is 10.7. The largest absolute Gasteiger partial charge is 0.497 e. The molecule has 2 heterocycles. The number of ether oxygens (including phenoxy) is 1. The van der Waals surface area contributed by atoms with Crippen molar-refractivity contribution in [2.24, 2.45) is 0 Å². The van der Waals surface area contributed by atoms with Gasteiger partial charge in [0.25, 0.3) is 0 Å². The van der Waals surface area contributed by atoms with E-state index in [9.17, 15) is 5.11 Å². The first-order valence-electron chi connectivity index (χ1n) is 7.35. The molecule has 1 aromatic carbocycles. The zero-order valence-corrected chi connectivity index (χ0v) is 12.9. The number of aliphatic hydroxyl groups excluding tert-OH is 1. The lowest BCUT2D eigenvalue weighted by molar-refractivity contribution is 0.270. The molecule has 7 heteroatoms. The Labute approximate surface area is 133 Å². The first-order valence-corrected chi connectivity index (χ1v) is 7.35. The van der Waals surface area contributed by atoms with Gasteiger partial charge >= 0.3 is 0 Å². The number of nitrogens with one attached hydrogen (secondary N) is 2. The van der Waals surface area contributed by atoms with Crippen molar-refractivity contribution >= 4 is 5.82 Å². The number of benzene rings is 1. The van der Waals surface area contributed by atoms with Crippen molar-refractivity contribution in [2.75, 3.05) is 19.0 Å². The van der Waals surface area contributed by atoms with Gasteiger partial charge in [0.05, 0.1) is 32.5 Å². The number of aliphatic hydroxyl groups is 1. The summed E-state index contributed by atoms with van der Waals surface area (Å²) in [7, 11) is 1.64. The summed E-state index contributed by atoms with van der Waals surface area (Å²) in [5, 5.41) is 17.1. The van der Waals surface area contributed by atoms with E-state index in [1.165, 1.54) is 0 Å². The molecule has 0 saturated carbocycles. The first-order chi connectivity index (χ1) is 11.3. The molecule has 3 rings (SSSR count). The van der Waals surface area contributed by atoms with Crippen molar-refractivity contribution in [3.05, 3.63) is 48.5 Å². The molecular formula is C16H19N5O2. The topological polar surface area (TPSA) is 88.0 Å². The van der Waals surface area contributed by atoms with E-state index in [1.54, 1.807) is 24.2 Å². The third-order valence-electron chi connectivity index (χ3n) is 3.45. The number of nitrogens with zero attached hydrogens (tertiary/aromatic N) is 3. The van der Waals surface area contributed by atoms with Crippen LogP contribution in [0.1, 0.15) is 5.82 Å². The van der Waals surface area contributed by atoms with Crippen LogP contribution in [0, 0.1) is 0 Å². The molecule has 0 saturated heterocycles. The smallest absolute Gasteiger partial charge is 0.125 e. The van der Waals surface area contributed by atoms with Crippen LogP contribution in [0.2, 0.25) is 0 Å². The maximum atomic E-state index is 9.23. The highest BCUT2D eigenvalue weighted by Gasteiger charge is 2.10. The second kappa shape index (κ2) is 6.97. The number of aromatic nitrogens is 4. The molecule has 120 valence electrons. The number of rotatable bonds is 7. The van der Waals surface area contributed by atoms with Crippen LogP contribution >= 0.6 is 0 Å². The van der Waals surface area contributed by atoms with Gasteiger partial charge in [0, 0.05) is 24.0 Å². The fourth-order valence-corrected chi connectivity index (χ4v) is 2.32. The van der Waals surface area contributed by atoms with Crippen LogP contribution in [0.4, 0.5) is 5.82 Å². The minimum atomic E-state index is 0.0225. The standard InChI is InChI=1S/C16H19N5O2/c1-23-13-4-2-3-12(9-13)14-10-16(21(20-14)7-8-22)19-11-15-17-5-6-18-15/h2-6,9-10,19,22H,7-8,11H2,1H3,(H,17,18). The lowest BCUT2D eigenvalue weighted by Gasteiger charge is -2.06. The van der Waals surface area contributed by atoms with Gasteiger partial charge in [0.15, 0.2) is 0 Å². The molecule has 0 fully saturated rings. The number of hydrogen-bond donors (Lipinski definition) is 3. The Balaban J connectivity index is 1.85. The highest BCUT2D eigenvalue weighted by atomic mass is 16.5. The van der Waals surface area contributed by atoms with E-state index in [-0.39, 0.29) is 6.61 Å². The van der Waals surface area contributed by atoms with Gasteiger partial charge in [-0.1, -0.05) is 12.1 Å². The second-order valence-electron chi connectivity index (χ2n) is 4.98. The van der Waals surface area contributed by atoms with Crippen molar-refractivity contribution in [1.29, 1.82) is 0 Å². The van der Waals surface area contributed by atoms with Crippen LogP contribution in [0.15, 0.2) is 42.7 Å². The Hall–Kier alpha value is -2.80. The Kier molecular flexibility index (Phi) is 4.58. The molecule has 7 nitrogen and oxygen atoms in total. The average molecular weight is 313 g/mol. The van der Waals surface area contributed by atoms with Crippen molar-refractivity contribution in [1.82, 2.24) is 19.7 Å². The van der Waals surface area contributed by atoms with Crippen LogP contribution in [0.3, 0.4) is 0 Å². The molecule has 0 radical (unpaired) electrons. The second-order valence-corrected chi connectivity index (χ2v) is 4.98. The van der Waals surface area contributed by atoms with Gasteiger partial charge in [-0.25, -0.2) is 9.67 Å². The summed E-state index contributed by atoms with van der Waals surface area (Å²) < 4.78 is 7.00. The molecule has 3 N–H and O–H groups in total. The van der Waals surface area contributed by atoms with Crippen molar-refractivity contribution in [2.45, 2.75) is 13.1 Å². The van der Waals surface area contributed by atoms with Crippen LogP contribution < -0.4 is 10.1 Å². The highest BCUT2D eigenvalue weighted by molar-refractivity contribution is 5.64. The van der Waals surface area contributed by atoms with Crippen molar-refractivity contribution in [3.63, 3.8) is 0 Å². The molecule has 0 aliphatic rings. The van der Waals surface area contributed by atoms with E-state index >= 15 is 0 Å². The first kappa shape index (κ1) is 15.1. The Morgan fingerprint density at radius 1 is 1.35 bits per heavy atom. The zero-order valence-electron chi connectivity index (χ0n) is 12.9. The molecule has 0 aliphatic heterocycles. The van der Waals surface area contributed by atoms with E-state index in [2.05, 4.69) is 20.4 Å². The molecule has 23 heavy (non-hydrogen) atoms. The predicted molar refractivity (Wildman–Crippen MR) is 87.2 cm³/mol. The third-order valence-corrected chi connectivity index (χ3v) is 3.45.